The number of hydrogen-bond acceptors (Lipinski definition) is 5. The largest absolute Gasteiger partial charge is 0.465 e. The molecule has 0 aromatic heterocycles. The van der Waals surface area contributed by atoms with Crippen molar-refractivity contribution >= 4 is 11.7 Å². The Kier molecular flexibility index (Phi) is 6.95. The number of rotatable bonds is 5. The molecule has 2 aromatic carbocycles. The number of carbonyl (C=O) groups is 1. The number of benzene rings is 2. The number of halogens is 3. The van der Waals surface area contributed by atoms with E-state index in [-0.39, 0.29) is 17.9 Å². The quantitative estimate of drug-likeness (QED) is 0.609. The molecule has 0 N–H and O–H groups in total. The van der Waals surface area contributed by atoms with Crippen LogP contribution in [0.1, 0.15) is 40.7 Å². The van der Waals surface area contributed by atoms with Crippen molar-refractivity contribution in [1.82, 2.24) is 4.90 Å². The molecule has 2 aliphatic rings. The van der Waals surface area contributed by atoms with Crippen molar-refractivity contribution in [2.24, 2.45) is 0 Å². The van der Waals surface area contributed by atoms with Crippen LogP contribution in [-0.4, -0.2) is 62.9 Å². The van der Waals surface area contributed by atoms with E-state index in [4.69, 9.17) is 9.47 Å². The Morgan fingerprint density at radius 1 is 1.12 bits per heavy atom. The van der Waals surface area contributed by atoms with Crippen LogP contribution < -0.4 is 4.90 Å². The fraction of sp³-hybridized carbons (Fsp3) is 0.480. The summed E-state index contributed by atoms with van der Waals surface area (Å²) in [4.78, 5) is 16.5. The Bertz CT molecular complexity index is 947. The zero-order valence-corrected chi connectivity index (χ0v) is 18.8. The zero-order valence-electron chi connectivity index (χ0n) is 18.8. The van der Waals surface area contributed by atoms with Gasteiger partial charge in [0.15, 0.2) is 0 Å². The third-order valence-electron chi connectivity index (χ3n) is 6.69. The summed E-state index contributed by atoms with van der Waals surface area (Å²) in [7, 11) is 1.35. The first-order chi connectivity index (χ1) is 15.8. The zero-order chi connectivity index (χ0) is 23.6. The van der Waals surface area contributed by atoms with Crippen molar-refractivity contribution in [3.63, 3.8) is 0 Å². The van der Waals surface area contributed by atoms with Crippen molar-refractivity contribution in [1.29, 1.82) is 0 Å². The Morgan fingerprint density at radius 3 is 2.42 bits per heavy atom. The highest BCUT2D eigenvalue weighted by Crippen LogP contribution is 2.37. The second-order valence-corrected chi connectivity index (χ2v) is 8.82. The third-order valence-corrected chi connectivity index (χ3v) is 6.69. The summed E-state index contributed by atoms with van der Waals surface area (Å²) in [6, 6.07) is 13.4. The van der Waals surface area contributed by atoms with E-state index in [1.54, 1.807) is 24.3 Å². The molecule has 2 fully saturated rings. The SMILES string of the molecule is COC(=O)c1ccc(N2CC(c3ccc(C(F)(F)F)cc3)C[C@H]2CN2CCOC[C@@H]2C)cc1. The van der Waals surface area contributed by atoms with Crippen LogP contribution in [0.25, 0.3) is 0 Å². The second kappa shape index (κ2) is 9.73. The molecule has 8 heteroatoms. The van der Waals surface area contributed by atoms with E-state index in [1.807, 2.05) is 12.1 Å². The van der Waals surface area contributed by atoms with Gasteiger partial charge >= 0.3 is 12.1 Å². The van der Waals surface area contributed by atoms with Gasteiger partial charge < -0.3 is 14.4 Å². The number of nitrogens with zero attached hydrogens (tertiary/aromatic N) is 2. The van der Waals surface area contributed by atoms with E-state index in [0.29, 0.717) is 31.4 Å². The molecule has 0 saturated carbocycles. The average molecular weight is 463 g/mol. The smallest absolute Gasteiger partial charge is 0.416 e. The van der Waals surface area contributed by atoms with Gasteiger partial charge in [0.25, 0.3) is 0 Å². The molecule has 4 rings (SSSR count). The second-order valence-electron chi connectivity index (χ2n) is 8.82. The fourth-order valence-electron chi connectivity index (χ4n) is 4.80. The molecule has 0 spiro atoms. The van der Waals surface area contributed by atoms with Crippen LogP contribution in [0.5, 0.6) is 0 Å². The lowest BCUT2D eigenvalue weighted by Gasteiger charge is -2.37. The summed E-state index contributed by atoms with van der Waals surface area (Å²) in [5.41, 5.74) is 1.76. The fourth-order valence-corrected chi connectivity index (χ4v) is 4.80. The highest BCUT2D eigenvalue weighted by Gasteiger charge is 2.36. The van der Waals surface area contributed by atoms with Gasteiger partial charge in [-0.25, -0.2) is 4.79 Å². The minimum atomic E-state index is -4.34. The maximum atomic E-state index is 13.0. The molecule has 0 aliphatic carbocycles. The highest BCUT2D eigenvalue weighted by molar-refractivity contribution is 5.89. The molecular weight excluding hydrogens is 433 g/mol. The van der Waals surface area contributed by atoms with Gasteiger partial charge in [-0.2, -0.15) is 13.2 Å². The van der Waals surface area contributed by atoms with Crippen molar-refractivity contribution < 1.29 is 27.4 Å². The molecule has 1 unspecified atom stereocenters. The van der Waals surface area contributed by atoms with E-state index in [0.717, 1.165) is 30.8 Å². The molecule has 3 atom stereocenters. The Morgan fingerprint density at radius 2 is 1.82 bits per heavy atom. The van der Waals surface area contributed by atoms with Crippen LogP contribution in [-0.2, 0) is 15.7 Å². The van der Waals surface area contributed by atoms with Crippen molar-refractivity contribution in [2.45, 2.75) is 37.5 Å². The van der Waals surface area contributed by atoms with Gasteiger partial charge in [0.1, 0.15) is 0 Å². The summed E-state index contributed by atoms with van der Waals surface area (Å²) in [6.45, 7) is 5.96. The molecule has 178 valence electrons. The normalized spacial score (nSPS) is 24.2. The molecule has 33 heavy (non-hydrogen) atoms. The first kappa shape index (κ1) is 23.6. The lowest BCUT2D eigenvalue weighted by molar-refractivity contribution is -0.137. The number of esters is 1. The van der Waals surface area contributed by atoms with Crippen LogP contribution in [0.2, 0.25) is 0 Å². The first-order valence-corrected chi connectivity index (χ1v) is 11.2. The number of hydrogen-bond donors (Lipinski definition) is 0. The monoisotopic (exact) mass is 462 g/mol. The third kappa shape index (κ3) is 5.33. The van der Waals surface area contributed by atoms with Gasteiger partial charge in [0.2, 0.25) is 0 Å². The van der Waals surface area contributed by atoms with Crippen LogP contribution in [0, 0.1) is 0 Å². The molecule has 2 aromatic rings. The predicted molar refractivity (Wildman–Crippen MR) is 120 cm³/mol. The number of carbonyl (C=O) groups excluding carboxylic acids is 1. The maximum Gasteiger partial charge on any atom is 0.416 e. The van der Waals surface area contributed by atoms with Gasteiger partial charge in [0.05, 0.1) is 31.5 Å². The van der Waals surface area contributed by atoms with Crippen molar-refractivity contribution in [2.75, 3.05) is 44.9 Å². The van der Waals surface area contributed by atoms with Gasteiger partial charge in [0, 0.05) is 43.3 Å². The summed E-state index contributed by atoms with van der Waals surface area (Å²) in [5.74, 6) is -0.266. The minimum absolute atomic E-state index is 0.119. The lowest BCUT2D eigenvalue weighted by atomic mass is 9.95. The Hall–Kier alpha value is -2.58. The van der Waals surface area contributed by atoms with E-state index in [9.17, 15) is 18.0 Å². The van der Waals surface area contributed by atoms with Crippen LogP contribution >= 0.6 is 0 Å². The summed E-state index contributed by atoms with van der Waals surface area (Å²) in [5, 5.41) is 0. The molecule has 5 nitrogen and oxygen atoms in total. The molecule has 2 saturated heterocycles. The van der Waals surface area contributed by atoms with E-state index < -0.39 is 11.7 Å². The van der Waals surface area contributed by atoms with Gasteiger partial charge in [-0.1, -0.05) is 12.1 Å². The van der Waals surface area contributed by atoms with Crippen LogP contribution in [0.4, 0.5) is 18.9 Å². The van der Waals surface area contributed by atoms with Crippen LogP contribution in [0.3, 0.4) is 0 Å². The average Bonchev–Trinajstić information content (AvgIpc) is 3.23. The molecule has 2 heterocycles. The highest BCUT2D eigenvalue weighted by atomic mass is 19.4. The standard InChI is InChI=1S/C25H29F3N2O3/c1-17-16-33-12-11-29(17)15-23-13-20(18-3-7-21(8-4-18)25(26,27)28)14-30(23)22-9-5-19(6-10-22)24(31)32-2/h3-10,17,20,23H,11-16H2,1-2H3/t17-,20?,23-/m0/s1. The van der Waals surface area contributed by atoms with Crippen LogP contribution in [0.15, 0.2) is 48.5 Å². The number of methoxy groups -OCH3 is 1. The van der Waals surface area contributed by atoms with Crippen molar-refractivity contribution in [3.8, 4) is 0 Å². The summed E-state index contributed by atoms with van der Waals surface area (Å²) < 4.78 is 49.4. The maximum absolute atomic E-state index is 13.0. The number of morpholine rings is 1. The van der Waals surface area contributed by atoms with Gasteiger partial charge in [-0.3, -0.25) is 4.90 Å². The Balaban J connectivity index is 1.57. The predicted octanol–water partition coefficient (Wildman–Crippen LogP) is 4.58. The molecule has 2 aliphatic heterocycles. The lowest BCUT2D eigenvalue weighted by Crippen LogP contribution is -2.49. The summed E-state index contributed by atoms with van der Waals surface area (Å²) >= 11 is 0. The molecule has 0 radical (unpaired) electrons. The summed E-state index contributed by atoms with van der Waals surface area (Å²) in [6.07, 6.45) is -3.50. The number of anilines is 1. The van der Waals surface area contributed by atoms with Gasteiger partial charge in [-0.15, -0.1) is 0 Å². The van der Waals surface area contributed by atoms with E-state index >= 15 is 0 Å². The van der Waals surface area contributed by atoms with Gasteiger partial charge in [-0.05, 0) is 55.3 Å². The molecular formula is C25H29F3N2O3. The molecule has 0 amide bonds. The Labute approximate surface area is 192 Å². The van der Waals surface area contributed by atoms with E-state index in [1.165, 1.54) is 19.2 Å². The number of ether oxygens (including phenoxy) is 2. The van der Waals surface area contributed by atoms with Crippen molar-refractivity contribution in [3.05, 3.63) is 65.2 Å². The number of alkyl halides is 3. The topological polar surface area (TPSA) is 42.0 Å². The minimum Gasteiger partial charge on any atom is -0.465 e. The molecule has 0 bridgehead atoms. The van der Waals surface area contributed by atoms with E-state index in [2.05, 4.69) is 16.7 Å². The first-order valence-electron chi connectivity index (χ1n) is 11.2.